The number of hydrogen-bond acceptors (Lipinski definition) is 4. The molecule has 7 nitrogen and oxygen atoms in total. The predicted molar refractivity (Wildman–Crippen MR) is 135 cm³/mol. The first-order valence-electron chi connectivity index (χ1n) is 12.9. The summed E-state index contributed by atoms with van der Waals surface area (Å²) in [7, 11) is 3.82. The predicted octanol–water partition coefficient (Wildman–Crippen LogP) is 4.05. The standard InChI is InChI=1S/C27H40N4O3/c1-19(26(32)28-13-16-30(2)22-7-5-4-6-8-22)20-11-14-31(15-12-20)27(33)25-17-21-9-10-23(34-3)18-24(21)29-25/h9-10,17-20,22,29H,4-8,11-16H2,1-3H3,(H,28,32). The zero-order valence-corrected chi connectivity index (χ0v) is 20.9. The molecule has 1 unspecified atom stereocenters. The van der Waals surface area contributed by atoms with E-state index in [1.807, 2.05) is 36.1 Å². The third-order valence-corrected chi connectivity index (χ3v) is 7.97. The lowest BCUT2D eigenvalue weighted by molar-refractivity contribution is -0.126. The molecule has 1 aliphatic heterocycles. The highest BCUT2D eigenvalue weighted by atomic mass is 16.5. The van der Waals surface area contributed by atoms with Gasteiger partial charge in [0.1, 0.15) is 11.4 Å². The van der Waals surface area contributed by atoms with E-state index in [2.05, 4.69) is 22.2 Å². The molecule has 2 heterocycles. The average Bonchev–Trinajstić information content (AvgIpc) is 3.31. The molecule has 0 radical (unpaired) electrons. The summed E-state index contributed by atoms with van der Waals surface area (Å²) in [6, 6.07) is 8.34. The number of methoxy groups -OCH3 is 1. The Balaban J connectivity index is 1.22. The fraction of sp³-hybridized carbons (Fsp3) is 0.630. The Bertz CT molecular complexity index is 973. The second kappa shape index (κ2) is 11.3. The van der Waals surface area contributed by atoms with Crippen molar-refractivity contribution in [2.75, 3.05) is 40.3 Å². The van der Waals surface area contributed by atoms with Gasteiger partial charge in [-0.3, -0.25) is 9.59 Å². The summed E-state index contributed by atoms with van der Waals surface area (Å²) in [6.07, 6.45) is 8.30. The molecule has 1 atom stereocenters. The lowest BCUT2D eigenvalue weighted by atomic mass is 9.84. The number of aromatic nitrogens is 1. The van der Waals surface area contributed by atoms with E-state index in [1.165, 1.54) is 32.1 Å². The minimum absolute atomic E-state index is 0.0245. The van der Waals surface area contributed by atoms with Gasteiger partial charge in [0, 0.05) is 55.1 Å². The van der Waals surface area contributed by atoms with E-state index in [9.17, 15) is 9.59 Å². The Morgan fingerprint density at radius 3 is 2.59 bits per heavy atom. The Hall–Kier alpha value is -2.54. The summed E-state index contributed by atoms with van der Waals surface area (Å²) >= 11 is 0. The molecule has 4 rings (SSSR count). The molecular formula is C27H40N4O3. The monoisotopic (exact) mass is 468 g/mol. The third kappa shape index (κ3) is 5.74. The maximum atomic E-state index is 13.0. The molecule has 1 saturated carbocycles. The summed E-state index contributed by atoms with van der Waals surface area (Å²) < 4.78 is 5.28. The van der Waals surface area contributed by atoms with Gasteiger partial charge in [0.25, 0.3) is 5.91 Å². The van der Waals surface area contributed by atoms with Gasteiger partial charge >= 0.3 is 0 Å². The van der Waals surface area contributed by atoms with E-state index in [-0.39, 0.29) is 17.7 Å². The van der Waals surface area contributed by atoms with Crippen LogP contribution < -0.4 is 10.1 Å². The van der Waals surface area contributed by atoms with E-state index in [4.69, 9.17) is 4.74 Å². The first kappa shape index (κ1) is 24.6. The molecule has 1 aromatic heterocycles. The number of likely N-dealkylation sites (tertiary alicyclic amines) is 1. The Morgan fingerprint density at radius 2 is 1.88 bits per heavy atom. The fourth-order valence-corrected chi connectivity index (χ4v) is 5.56. The average molecular weight is 469 g/mol. The summed E-state index contributed by atoms with van der Waals surface area (Å²) in [6.45, 7) is 5.02. The van der Waals surface area contributed by atoms with Crippen molar-refractivity contribution in [2.24, 2.45) is 11.8 Å². The molecule has 7 heteroatoms. The van der Waals surface area contributed by atoms with Gasteiger partial charge in [-0.15, -0.1) is 0 Å². The Kier molecular flexibility index (Phi) is 8.14. The largest absolute Gasteiger partial charge is 0.497 e. The molecule has 34 heavy (non-hydrogen) atoms. The minimum Gasteiger partial charge on any atom is -0.497 e. The number of nitrogens with zero attached hydrogens (tertiary/aromatic N) is 2. The first-order chi connectivity index (χ1) is 16.5. The SMILES string of the molecule is COc1ccc2cc(C(=O)N3CCC(C(C)C(=O)NCCN(C)C4CCCCC4)CC3)[nH]c2c1. The number of H-pyrrole nitrogens is 1. The molecule has 2 amide bonds. The zero-order chi connectivity index (χ0) is 24.1. The van der Waals surface area contributed by atoms with Crippen LogP contribution in [-0.4, -0.2) is 73.0 Å². The van der Waals surface area contributed by atoms with Crippen molar-refractivity contribution in [3.05, 3.63) is 30.0 Å². The normalized spacial score (nSPS) is 18.9. The van der Waals surface area contributed by atoms with Gasteiger partial charge in [-0.2, -0.15) is 0 Å². The molecule has 0 spiro atoms. The van der Waals surface area contributed by atoms with E-state index >= 15 is 0 Å². The van der Waals surface area contributed by atoms with E-state index in [0.717, 1.165) is 36.0 Å². The van der Waals surface area contributed by atoms with Crippen LogP contribution in [0.2, 0.25) is 0 Å². The summed E-state index contributed by atoms with van der Waals surface area (Å²) in [5.41, 5.74) is 1.51. The van der Waals surface area contributed by atoms with Crippen LogP contribution in [0.3, 0.4) is 0 Å². The zero-order valence-electron chi connectivity index (χ0n) is 20.9. The number of nitrogens with one attached hydrogen (secondary N) is 2. The van der Waals surface area contributed by atoms with E-state index in [0.29, 0.717) is 37.3 Å². The molecule has 2 N–H and O–H groups in total. The number of carbonyl (C=O) groups is 2. The molecule has 2 fully saturated rings. The second-order valence-electron chi connectivity index (χ2n) is 10.1. The van der Waals surface area contributed by atoms with Crippen LogP contribution in [0.4, 0.5) is 0 Å². The summed E-state index contributed by atoms with van der Waals surface area (Å²) in [4.78, 5) is 33.4. The van der Waals surface area contributed by atoms with Crippen molar-refractivity contribution in [1.82, 2.24) is 20.1 Å². The number of carbonyl (C=O) groups excluding carboxylic acids is 2. The minimum atomic E-state index is -0.0298. The topological polar surface area (TPSA) is 77.7 Å². The maximum absolute atomic E-state index is 13.0. The van der Waals surface area contributed by atoms with Gasteiger partial charge in [0.2, 0.25) is 5.91 Å². The Labute approximate surface area is 203 Å². The van der Waals surface area contributed by atoms with Crippen molar-refractivity contribution >= 4 is 22.7 Å². The van der Waals surface area contributed by atoms with Gasteiger partial charge in [0.05, 0.1) is 7.11 Å². The van der Waals surface area contributed by atoms with Gasteiger partial charge in [-0.25, -0.2) is 0 Å². The number of piperidine rings is 1. The molecule has 2 aromatic rings. The molecular weight excluding hydrogens is 428 g/mol. The second-order valence-corrected chi connectivity index (χ2v) is 10.1. The fourth-order valence-electron chi connectivity index (χ4n) is 5.56. The number of fused-ring (bicyclic) bond motifs is 1. The summed E-state index contributed by atoms with van der Waals surface area (Å²) in [5, 5.41) is 4.16. The highest BCUT2D eigenvalue weighted by Gasteiger charge is 2.30. The highest BCUT2D eigenvalue weighted by molar-refractivity contribution is 5.98. The van der Waals surface area contributed by atoms with Crippen molar-refractivity contribution in [2.45, 2.75) is 57.9 Å². The Morgan fingerprint density at radius 1 is 1.15 bits per heavy atom. The van der Waals surface area contributed by atoms with Gasteiger partial charge in [0.15, 0.2) is 0 Å². The van der Waals surface area contributed by atoms with Gasteiger partial charge in [-0.1, -0.05) is 26.2 Å². The van der Waals surface area contributed by atoms with Gasteiger partial charge in [-0.05, 0) is 56.8 Å². The number of hydrogen-bond donors (Lipinski definition) is 2. The van der Waals surface area contributed by atoms with Crippen molar-refractivity contribution in [3.8, 4) is 5.75 Å². The number of ether oxygens (including phenoxy) is 1. The lowest BCUT2D eigenvalue weighted by Gasteiger charge is -2.34. The van der Waals surface area contributed by atoms with Crippen LogP contribution in [0, 0.1) is 11.8 Å². The molecule has 2 aliphatic rings. The van der Waals surface area contributed by atoms with Crippen molar-refractivity contribution in [3.63, 3.8) is 0 Å². The molecule has 1 aromatic carbocycles. The third-order valence-electron chi connectivity index (χ3n) is 7.97. The van der Waals surface area contributed by atoms with Crippen molar-refractivity contribution in [1.29, 1.82) is 0 Å². The first-order valence-corrected chi connectivity index (χ1v) is 12.9. The van der Waals surface area contributed by atoms with Crippen LogP contribution >= 0.6 is 0 Å². The van der Waals surface area contributed by atoms with Gasteiger partial charge < -0.3 is 24.8 Å². The van der Waals surface area contributed by atoms with E-state index in [1.54, 1.807) is 7.11 Å². The van der Waals surface area contributed by atoms with Crippen molar-refractivity contribution < 1.29 is 14.3 Å². The van der Waals surface area contributed by atoms with Crippen LogP contribution in [0.1, 0.15) is 62.4 Å². The molecule has 0 bridgehead atoms. The number of likely N-dealkylation sites (N-methyl/N-ethyl adjacent to an activating group) is 1. The lowest BCUT2D eigenvalue weighted by Crippen LogP contribution is -2.44. The van der Waals surface area contributed by atoms with Crippen LogP contribution in [0.15, 0.2) is 24.3 Å². The molecule has 1 saturated heterocycles. The molecule has 1 aliphatic carbocycles. The van der Waals surface area contributed by atoms with Crippen LogP contribution in [0.5, 0.6) is 5.75 Å². The quantitative estimate of drug-likeness (QED) is 0.613. The van der Waals surface area contributed by atoms with Crippen LogP contribution in [0.25, 0.3) is 10.9 Å². The van der Waals surface area contributed by atoms with Crippen LogP contribution in [-0.2, 0) is 4.79 Å². The number of amides is 2. The number of benzene rings is 1. The van der Waals surface area contributed by atoms with E-state index < -0.39 is 0 Å². The number of aromatic amines is 1. The smallest absolute Gasteiger partial charge is 0.270 e. The highest BCUT2D eigenvalue weighted by Crippen LogP contribution is 2.27. The maximum Gasteiger partial charge on any atom is 0.270 e. The summed E-state index contributed by atoms with van der Waals surface area (Å²) in [5.74, 6) is 1.22. The number of rotatable bonds is 8. The molecule has 186 valence electrons.